The molecule has 2 bridgehead atoms. The van der Waals surface area contributed by atoms with Crippen LogP contribution in [0.2, 0.25) is 0 Å². The maximum absolute atomic E-state index is 5.90. The molecule has 0 aliphatic carbocycles. The molecule has 0 unspecified atom stereocenters. The molecule has 92 valence electrons. The third kappa shape index (κ3) is 3.11. The Kier molecular flexibility index (Phi) is 5.36. The molecule has 0 spiro atoms. The molecular weight excluding hydrogens is 470 g/mol. The number of hydrogen-bond acceptors (Lipinski definition) is 4. The number of rotatable bonds is 1. The quantitative estimate of drug-likeness (QED) is 0.537. The molecule has 3 rings (SSSR count). The average molecular weight is 483 g/mol. The Labute approximate surface area is 123 Å². The minimum absolute atomic E-state index is 0.669. The van der Waals surface area contributed by atoms with Gasteiger partial charge in [-0.25, -0.2) is 0 Å². The van der Waals surface area contributed by atoms with E-state index in [1.165, 1.54) is 0 Å². The molecule has 3 heterocycles. The van der Waals surface area contributed by atoms with Gasteiger partial charge in [-0.05, 0) is 0 Å². The second-order valence-corrected chi connectivity index (χ2v) is 13.7. The van der Waals surface area contributed by atoms with E-state index in [-0.39, 0.29) is 0 Å². The first-order chi connectivity index (χ1) is 7.64. The Bertz CT molecular complexity index is 272. The molecule has 0 aromatic heterocycles. The van der Waals surface area contributed by atoms with Crippen molar-refractivity contribution in [3.63, 3.8) is 0 Å². The third-order valence-electron chi connectivity index (χ3n) is 2.53. The van der Waals surface area contributed by atoms with Gasteiger partial charge in [0.25, 0.3) is 0 Å². The summed E-state index contributed by atoms with van der Waals surface area (Å²) < 4.78 is 19.4. The van der Waals surface area contributed by atoms with Crippen LogP contribution in [0.15, 0.2) is 6.71 Å². The molecule has 0 aromatic rings. The van der Waals surface area contributed by atoms with Crippen molar-refractivity contribution in [2.75, 3.05) is 39.5 Å². The van der Waals surface area contributed by atoms with Gasteiger partial charge in [-0.2, -0.15) is 0 Å². The molecule has 3 saturated heterocycles. The first-order valence-corrected chi connectivity index (χ1v) is 11.0. The second kappa shape index (κ2) is 6.14. The van der Waals surface area contributed by atoms with Crippen molar-refractivity contribution in [3.8, 4) is 0 Å². The van der Waals surface area contributed by atoms with E-state index in [2.05, 4.69) is 52.7 Å². The van der Waals surface area contributed by atoms with Crippen LogP contribution >= 0.6 is 47.8 Å². The number of hydrogen-bond donors (Lipinski definition) is 0. The fourth-order valence-corrected chi connectivity index (χ4v) is 10.1. The van der Waals surface area contributed by atoms with E-state index in [1.54, 1.807) is 0 Å². The molecule has 3 fully saturated rings. The monoisotopic (exact) mass is 481 g/mol. The van der Waals surface area contributed by atoms with Crippen LogP contribution < -0.4 is 0 Å². The normalized spacial score (nSPS) is 35.1. The van der Waals surface area contributed by atoms with E-state index in [9.17, 15) is 0 Å². The zero-order valence-corrected chi connectivity index (χ0v) is 15.4. The van der Waals surface area contributed by atoms with Gasteiger partial charge in [0, 0.05) is 0 Å². The second-order valence-electron chi connectivity index (χ2n) is 3.52. The van der Waals surface area contributed by atoms with E-state index in [0.29, 0.717) is 19.8 Å². The van der Waals surface area contributed by atoms with Crippen LogP contribution in [0, 0.1) is 0 Å². The van der Waals surface area contributed by atoms with Gasteiger partial charge in [0.05, 0.1) is 0 Å². The topological polar surface area (TPSA) is 30.9 Å². The van der Waals surface area contributed by atoms with Gasteiger partial charge >= 0.3 is 124 Å². The molecule has 0 N–H and O–H groups in total. The Hall–Kier alpha value is 1.56. The zero-order valence-electron chi connectivity index (χ0n) is 8.55. The summed E-state index contributed by atoms with van der Waals surface area (Å²) in [5, 5.41) is 0. The van der Waals surface area contributed by atoms with Crippen LogP contribution in [0.1, 0.15) is 0 Å². The molecule has 0 aromatic carbocycles. The van der Waals surface area contributed by atoms with Gasteiger partial charge in [-0.1, -0.05) is 0 Å². The van der Waals surface area contributed by atoms with Crippen molar-refractivity contribution in [1.29, 1.82) is 0 Å². The van der Waals surface area contributed by atoms with Crippen molar-refractivity contribution in [3.05, 3.63) is 6.71 Å². The molecule has 16 heavy (non-hydrogen) atoms. The number of fused-ring (bicyclic) bond motifs is 6. The molecule has 0 saturated carbocycles. The van der Waals surface area contributed by atoms with Crippen LogP contribution in [0.25, 0.3) is 0 Å². The fraction of sp³-hybridized carbons (Fsp3) is 0.750. The van der Waals surface area contributed by atoms with Crippen molar-refractivity contribution >= 4 is 62.1 Å². The summed E-state index contributed by atoms with van der Waals surface area (Å²) in [6.45, 7) is 4.88. The summed E-state index contributed by atoms with van der Waals surface area (Å²) in [7, 11) is 0. The third-order valence-corrected chi connectivity index (χ3v) is 14.2. The van der Waals surface area contributed by atoms with Crippen LogP contribution in [-0.4, -0.2) is 58.6 Å². The van der Waals surface area contributed by atoms with Gasteiger partial charge < -0.3 is 0 Å². The molecule has 0 radical (unpaired) electrons. The van der Waals surface area contributed by atoms with Crippen LogP contribution in [0.5, 0.6) is 0 Å². The molecule has 4 nitrogen and oxygen atoms in total. The van der Waals surface area contributed by atoms with Crippen molar-refractivity contribution < 1.29 is 11.3 Å². The molecule has 0 atom stereocenters. The van der Waals surface area contributed by atoms with E-state index < -0.39 is 14.3 Å². The van der Waals surface area contributed by atoms with Crippen molar-refractivity contribution in [2.24, 2.45) is 0 Å². The first-order valence-electron chi connectivity index (χ1n) is 4.99. The molecule has 3 aliphatic rings. The Morgan fingerprint density at radius 2 is 1.31 bits per heavy atom. The summed E-state index contributed by atoms with van der Waals surface area (Å²) in [5.74, 6) is 0. The maximum atomic E-state index is 5.90. The zero-order chi connectivity index (χ0) is 11.6. The molecule has 8 heteroatoms. The van der Waals surface area contributed by atoms with Gasteiger partial charge in [-0.3, -0.25) is 0 Å². The summed E-state index contributed by atoms with van der Waals surface area (Å²) in [6, 6.07) is 0. The van der Waals surface area contributed by atoms with Crippen molar-refractivity contribution in [1.82, 2.24) is 4.90 Å². The Balaban J connectivity index is 2.24. The van der Waals surface area contributed by atoms with E-state index >= 15 is 0 Å². The SMILES string of the molecule is BrC(Br)=[C](Br)[Ge]12[O]CCN(CC[O]1)CC[O]2. The van der Waals surface area contributed by atoms with E-state index in [1.807, 2.05) is 0 Å². The molecular formula is C8H12Br3GeNO3. The molecule has 0 amide bonds. The Morgan fingerprint density at radius 1 is 0.875 bits per heavy atom. The minimum atomic E-state index is -3.28. The summed E-state index contributed by atoms with van der Waals surface area (Å²) in [4.78, 5) is 2.30. The van der Waals surface area contributed by atoms with Gasteiger partial charge in [0.15, 0.2) is 0 Å². The van der Waals surface area contributed by atoms with Crippen LogP contribution in [-0.2, 0) is 11.3 Å². The Morgan fingerprint density at radius 3 is 1.69 bits per heavy atom. The predicted octanol–water partition coefficient (Wildman–Crippen LogP) is 2.20. The van der Waals surface area contributed by atoms with Gasteiger partial charge in [-0.15, -0.1) is 0 Å². The summed E-state index contributed by atoms with van der Waals surface area (Å²) in [5.41, 5.74) is 0. The van der Waals surface area contributed by atoms with Crippen LogP contribution in [0.3, 0.4) is 0 Å². The summed E-state index contributed by atoms with van der Waals surface area (Å²) >= 11 is 7.01. The standard InChI is InChI=1S/C8H12Br3GeNO3/c9-7(10)8(11)12-14-4-1-13(2-5-15-12)3-6-16-12/h1-6H2. The van der Waals surface area contributed by atoms with Gasteiger partial charge in [0.1, 0.15) is 0 Å². The van der Waals surface area contributed by atoms with E-state index in [4.69, 9.17) is 11.3 Å². The van der Waals surface area contributed by atoms with Gasteiger partial charge in [0.2, 0.25) is 0 Å². The average Bonchev–Trinajstić information content (AvgIpc) is 2.14. The summed E-state index contributed by atoms with van der Waals surface area (Å²) in [6.07, 6.45) is 0. The van der Waals surface area contributed by atoms with Crippen LogP contribution in [0.4, 0.5) is 0 Å². The first kappa shape index (κ1) is 14.0. The predicted molar refractivity (Wildman–Crippen MR) is 73.9 cm³/mol. The molecule has 3 aliphatic heterocycles. The van der Waals surface area contributed by atoms with Crippen molar-refractivity contribution in [2.45, 2.75) is 0 Å². The number of nitrogens with zero attached hydrogens (tertiary/aromatic N) is 1. The fourth-order valence-electron chi connectivity index (χ4n) is 1.69. The number of halogens is 3. The van der Waals surface area contributed by atoms with E-state index in [0.717, 1.165) is 26.3 Å².